The van der Waals surface area contributed by atoms with Crippen LogP contribution in [0.25, 0.3) is 0 Å². The van der Waals surface area contributed by atoms with Crippen LogP contribution in [0.3, 0.4) is 0 Å². The van der Waals surface area contributed by atoms with Crippen molar-refractivity contribution in [2.75, 3.05) is 0 Å². The van der Waals surface area contributed by atoms with Gasteiger partial charge in [0.15, 0.2) is 5.78 Å². The molecule has 0 radical (unpaired) electrons. The van der Waals surface area contributed by atoms with Gasteiger partial charge in [-0.25, -0.2) is 9.36 Å². The number of hydrogen-bond donors (Lipinski definition) is 0. The van der Waals surface area contributed by atoms with Crippen molar-refractivity contribution < 1.29 is 4.79 Å². The van der Waals surface area contributed by atoms with Gasteiger partial charge in [0.2, 0.25) is 0 Å². The maximum absolute atomic E-state index is 13.5. The van der Waals surface area contributed by atoms with Crippen molar-refractivity contribution in [3.05, 3.63) is 130 Å². The van der Waals surface area contributed by atoms with Gasteiger partial charge in [0.05, 0.1) is 24.5 Å². The average Bonchev–Trinajstić information content (AvgIpc) is 3.51. The van der Waals surface area contributed by atoms with Crippen LogP contribution in [0.5, 0.6) is 0 Å². The Labute approximate surface area is 202 Å². The predicted molar refractivity (Wildman–Crippen MR) is 129 cm³/mol. The monoisotopic (exact) mass is 458 g/mol. The van der Waals surface area contributed by atoms with Gasteiger partial charge in [-0.3, -0.25) is 4.79 Å². The van der Waals surface area contributed by atoms with Crippen LogP contribution in [-0.2, 0) is 31.3 Å². The second-order valence-corrected chi connectivity index (χ2v) is 9.49. The second kappa shape index (κ2) is 7.56. The highest BCUT2D eigenvalue weighted by atomic mass is 16.1. The lowest BCUT2D eigenvalue weighted by Gasteiger charge is -2.39. The SMILES string of the molecule is O=C1c2ccccc2C2(Cc3cn(nn3)Cc3cccc(c3)Cn3cc(nn3)C2)c2ccccc21. The molecule has 2 aromatic heterocycles. The number of fused-ring (bicyclic) bond motifs is 10. The number of ketones is 1. The van der Waals surface area contributed by atoms with Gasteiger partial charge >= 0.3 is 0 Å². The molecule has 2 aliphatic rings. The number of rotatable bonds is 0. The van der Waals surface area contributed by atoms with E-state index in [1.807, 2.05) is 58.2 Å². The van der Waals surface area contributed by atoms with Crippen molar-refractivity contribution in [2.45, 2.75) is 31.3 Å². The smallest absolute Gasteiger partial charge is 0.193 e. The van der Waals surface area contributed by atoms with Crippen molar-refractivity contribution in [2.24, 2.45) is 0 Å². The highest BCUT2D eigenvalue weighted by molar-refractivity contribution is 6.13. The molecule has 7 nitrogen and oxygen atoms in total. The zero-order valence-corrected chi connectivity index (χ0v) is 19.0. The highest BCUT2D eigenvalue weighted by Crippen LogP contribution is 2.45. The number of benzene rings is 3. The summed E-state index contributed by atoms with van der Waals surface area (Å²) in [6.45, 7) is 1.28. The summed E-state index contributed by atoms with van der Waals surface area (Å²) in [5.74, 6) is 0.0621. The molecule has 0 saturated carbocycles. The fourth-order valence-electron chi connectivity index (χ4n) is 5.74. The third-order valence-corrected chi connectivity index (χ3v) is 7.19. The quantitative estimate of drug-likeness (QED) is 0.354. The van der Waals surface area contributed by atoms with Gasteiger partial charge < -0.3 is 0 Å². The van der Waals surface area contributed by atoms with Crippen molar-refractivity contribution in [3.63, 3.8) is 0 Å². The molecule has 5 aromatic rings. The van der Waals surface area contributed by atoms with Gasteiger partial charge in [0.1, 0.15) is 0 Å². The van der Waals surface area contributed by atoms with Crippen LogP contribution in [0.4, 0.5) is 0 Å². The molecule has 3 heterocycles. The summed E-state index contributed by atoms with van der Waals surface area (Å²) in [7, 11) is 0. The second-order valence-electron chi connectivity index (χ2n) is 9.49. The standard InChI is InChI=1S/C28H22N6O/c35-27-23-8-1-3-10-25(23)28(26-11-4-2-9-24(26)27)13-21-17-33(31-29-21)15-19-6-5-7-20(12-19)16-34-18-22(14-28)30-32-34/h1-12,17-18H,13-16H2. The van der Waals surface area contributed by atoms with Crippen molar-refractivity contribution in [1.29, 1.82) is 0 Å². The number of nitrogens with zero attached hydrogens (tertiary/aromatic N) is 6. The first-order valence-corrected chi connectivity index (χ1v) is 11.8. The lowest BCUT2D eigenvalue weighted by molar-refractivity contribution is 0.102. The highest BCUT2D eigenvalue weighted by Gasteiger charge is 2.44. The first-order chi connectivity index (χ1) is 17.2. The van der Waals surface area contributed by atoms with E-state index in [2.05, 4.69) is 57.0 Å². The molecule has 35 heavy (non-hydrogen) atoms. The van der Waals surface area contributed by atoms with Crippen molar-refractivity contribution in [1.82, 2.24) is 30.0 Å². The zero-order valence-electron chi connectivity index (χ0n) is 19.0. The first kappa shape index (κ1) is 20.0. The van der Waals surface area contributed by atoms with E-state index in [-0.39, 0.29) is 5.78 Å². The average molecular weight is 459 g/mol. The fourth-order valence-corrected chi connectivity index (χ4v) is 5.74. The molecule has 0 atom stereocenters. The Morgan fingerprint density at radius 3 is 1.71 bits per heavy atom. The van der Waals surface area contributed by atoms with Gasteiger partial charge in [-0.2, -0.15) is 0 Å². The van der Waals surface area contributed by atoms with Gasteiger partial charge in [-0.05, 0) is 22.3 Å². The summed E-state index contributed by atoms with van der Waals surface area (Å²) in [5.41, 5.74) is 7.03. The van der Waals surface area contributed by atoms with Gasteiger partial charge in [0.25, 0.3) is 0 Å². The Morgan fingerprint density at radius 1 is 0.657 bits per heavy atom. The fraction of sp³-hybridized carbons (Fsp3) is 0.179. The number of carbonyl (C=O) groups is 1. The van der Waals surface area contributed by atoms with E-state index in [1.54, 1.807) is 0 Å². The molecule has 170 valence electrons. The molecule has 7 rings (SSSR count). The molecule has 7 heteroatoms. The van der Waals surface area contributed by atoms with E-state index >= 15 is 0 Å². The molecule has 1 aliphatic carbocycles. The molecule has 0 N–H and O–H groups in total. The number of carbonyl (C=O) groups excluding carboxylic acids is 1. The molecule has 0 saturated heterocycles. The topological polar surface area (TPSA) is 78.5 Å². The molecule has 1 spiro atoms. The molecular weight excluding hydrogens is 436 g/mol. The van der Waals surface area contributed by atoms with E-state index in [0.717, 1.165) is 44.8 Å². The van der Waals surface area contributed by atoms with Crippen LogP contribution < -0.4 is 0 Å². The van der Waals surface area contributed by atoms with Crippen LogP contribution in [-0.4, -0.2) is 35.8 Å². The summed E-state index contributed by atoms with van der Waals surface area (Å²) in [5, 5.41) is 18.0. The van der Waals surface area contributed by atoms with Gasteiger partial charge in [-0.1, -0.05) is 83.2 Å². The predicted octanol–water partition coefficient (Wildman–Crippen LogP) is 3.60. The Bertz CT molecular complexity index is 1480. The largest absolute Gasteiger partial charge is 0.289 e. The van der Waals surface area contributed by atoms with Crippen molar-refractivity contribution in [3.8, 4) is 0 Å². The number of aromatic nitrogens is 6. The van der Waals surface area contributed by atoms with Gasteiger partial charge in [-0.15, -0.1) is 10.2 Å². The van der Waals surface area contributed by atoms with Crippen LogP contribution >= 0.6 is 0 Å². The third-order valence-electron chi connectivity index (χ3n) is 7.19. The third kappa shape index (κ3) is 3.23. The van der Waals surface area contributed by atoms with E-state index in [0.29, 0.717) is 25.9 Å². The Kier molecular flexibility index (Phi) is 4.33. The van der Waals surface area contributed by atoms with E-state index < -0.39 is 5.41 Å². The molecule has 0 amide bonds. The molecule has 0 fully saturated rings. The minimum absolute atomic E-state index is 0.0621. The summed E-state index contributed by atoms with van der Waals surface area (Å²) < 4.78 is 3.78. The lowest BCUT2D eigenvalue weighted by Crippen LogP contribution is -2.40. The summed E-state index contributed by atoms with van der Waals surface area (Å²) in [6.07, 6.45) is 5.25. The summed E-state index contributed by atoms with van der Waals surface area (Å²) in [4.78, 5) is 13.5. The lowest BCUT2D eigenvalue weighted by atomic mass is 9.62. The number of hydrogen-bond acceptors (Lipinski definition) is 5. The van der Waals surface area contributed by atoms with Gasteiger partial charge in [0, 0.05) is 41.8 Å². The summed E-state index contributed by atoms with van der Waals surface area (Å²) in [6, 6.07) is 24.3. The Hall–Kier alpha value is -4.39. The molecule has 0 unspecified atom stereocenters. The maximum atomic E-state index is 13.5. The minimum Gasteiger partial charge on any atom is -0.289 e. The normalized spacial score (nSPS) is 15.8. The maximum Gasteiger partial charge on any atom is 0.193 e. The van der Waals surface area contributed by atoms with Crippen LogP contribution in [0.15, 0.2) is 85.2 Å². The summed E-state index contributed by atoms with van der Waals surface area (Å²) >= 11 is 0. The van der Waals surface area contributed by atoms with E-state index in [1.165, 1.54) is 0 Å². The van der Waals surface area contributed by atoms with E-state index in [9.17, 15) is 4.79 Å². The molecule has 6 bridgehead atoms. The van der Waals surface area contributed by atoms with Crippen molar-refractivity contribution >= 4 is 5.78 Å². The molecular formula is C28H22N6O. The first-order valence-electron chi connectivity index (χ1n) is 11.8. The molecule has 3 aromatic carbocycles. The zero-order chi connectivity index (χ0) is 23.4. The van der Waals surface area contributed by atoms with Crippen LogP contribution in [0.1, 0.15) is 49.6 Å². The Morgan fingerprint density at radius 2 is 1.17 bits per heavy atom. The Balaban J connectivity index is 1.47. The van der Waals surface area contributed by atoms with Crippen LogP contribution in [0, 0.1) is 0 Å². The van der Waals surface area contributed by atoms with Crippen LogP contribution in [0.2, 0.25) is 0 Å². The molecule has 1 aliphatic heterocycles. The van der Waals surface area contributed by atoms with E-state index in [4.69, 9.17) is 0 Å². The minimum atomic E-state index is -0.527.